The van der Waals surface area contributed by atoms with Crippen LogP contribution in [0.1, 0.15) is 39.5 Å². The number of urea groups is 1. The van der Waals surface area contributed by atoms with Crippen LogP contribution in [0.4, 0.5) is 4.79 Å². The smallest absolute Gasteiger partial charge is 0.322 e. The van der Waals surface area contributed by atoms with Gasteiger partial charge in [0.2, 0.25) is 0 Å². The average molecular weight is 504 g/mol. The number of nitrogens with one attached hydrogen (secondary N) is 3. The van der Waals surface area contributed by atoms with Gasteiger partial charge in [-0.2, -0.15) is 0 Å². The van der Waals surface area contributed by atoms with Crippen LogP contribution < -0.4 is 25.6 Å². The van der Waals surface area contributed by atoms with Crippen LogP contribution in [0.5, 0.6) is 11.5 Å². The highest BCUT2D eigenvalue weighted by atomic mass is 16.5. The number of hydrogen-bond donors (Lipinski definition) is 4. The molecule has 9 heteroatoms. The normalized spacial score (nSPS) is 11.4. The summed E-state index contributed by atoms with van der Waals surface area (Å²) in [4.78, 5) is 36.4. The third kappa shape index (κ3) is 7.68. The molecule has 3 rings (SSSR count). The van der Waals surface area contributed by atoms with E-state index < -0.39 is 23.9 Å². The summed E-state index contributed by atoms with van der Waals surface area (Å²) in [5.41, 5.74) is 4.34. The fraction of sp³-hybridized carbons (Fsp3) is 0.179. The van der Waals surface area contributed by atoms with Crippen molar-refractivity contribution in [1.29, 1.82) is 0 Å². The standard InChI is InChI=1S/C28H29N3O6/c1-36-24-10-6-9-21(26(24)37-2)16-17-23(20-14-11-19(12-15-20)13-18-25(32)31-35)29-28(34)30-27(33)22-7-4-3-5-8-22/h3-15,18,23,35H,16-17H2,1-2H3,(H,31,32)(H2,29,30,33,34). The summed E-state index contributed by atoms with van der Waals surface area (Å²) in [5.74, 6) is 0.0819. The first-order valence-electron chi connectivity index (χ1n) is 11.5. The molecule has 0 aliphatic heterocycles. The Morgan fingerprint density at radius 3 is 2.30 bits per heavy atom. The summed E-state index contributed by atoms with van der Waals surface area (Å²) in [6, 6.07) is 20.2. The maximum Gasteiger partial charge on any atom is 0.322 e. The number of amides is 4. The van der Waals surface area contributed by atoms with Crippen molar-refractivity contribution in [3.63, 3.8) is 0 Å². The van der Waals surface area contributed by atoms with Crippen LogP contribution in [0.25, 0.3) is 6.08 Å². The van der Waals surface area contributed by atoms with Gasteiger partial charge < -0.3 is 14.8 Å². The highest BCUT2D eigenvalue weighted by Gasteiger charge is 2.19. The van der Waals surface area contributed by atoms with Crippen molar-refractivity contribution < 1.29 is 29.1 Å². The molecule has 0 saturated carbocycles. The molecule has 3 aromatic carbocycles. The van der Waals surface area contributed by atoms with Crippen LogP contribution in [0.2, 0.25) is 0 Å². The predicted octanol–water partition coefficient (Wildman–Crippen LogP) is 4.04. The molecule has 1 unspecified atom stereocenters. The average Bonchev–Trinajstić information content (AvgIpc) is 2.94. The Hall–Kier alpha value is -4.63. The third-order valence-electron chi connectivity index (χ3n) is 5.63. The summed E-state index contributed by atoms with van der Waals surface area (Å²) in [6.07, 6.45) is 3.79. The molecular formula is C28H29N3O6. The number of hydroxylamine groups is 1. The second-order valence-electron chi connectivity index (χ2n) is 8.01. The lowest BCUT2D eigenvalue weighted by molar-refractivity contribution is -0.124. The summed E-state index contributed by atoms with van der Waals surface area (Å²) < 4.78 is 10.9. The Kier molecular flexibility index (Phi) is 9.81. The van der Waals surface area contributed by atoms with Gasteiger partial charge >= 0.3 is 6.03 Å². The molecule has 0 aliphatic carbocycles. The molecule has 0 radical (unpaired) electrons. The van der Waals surface area contributed by atoms with E-state index in [-0.39, 0.29) is 0 Å². The molecule has 0 heterocycles. The van der Waals surface area contributed by atoms with Crippen molar-refractivity contribution in [2.45, 2.75) is 18.9 Å². The van der Waals surface area contributed by atoms with Crippen molar-refractivity contribution in [1.82, 2.24) is 16.1 Å². The van der Waals surface area contributed by atoms with Crippen LogP contribution in [0.3, 0.4) is 0 Å². The van der Waals surface area contributed by atoms with Gasteiger partial charge in [-0.3, -0.25) is 20.1 Å². The summed E-state index contributed by atoms with van der Waals surface area (Å²) in [5, 5.41) is 13.9. The van der Waals surface area contributed by atoms with E-state index in [1.54, 1.807) is 62.8 Å². The first kappa shape index (κ1) is 27.0. The largest absolute Gasteiger partial charge is 0.493 e. The molecule has 37 heavy (non-hydrogen) atoms. The highest BCUT2D eigenvalue weighted by molar-refractivity contribution is 6.04. The lowest BCUT2D eigenvalue weighted by atomic mass is 9.97. The maximum atomic E-state index is 12.8. The molecule has 0 saturated heterocycles. The molecule has 192 valence electrons. The van der Waals surface area contributed by atoms with Gasteiger partial charge in [0.1, 0.15) is 0 Å². The molecule has 4 N–H and O–H groups in total. The summed E-state index contributed by atoms with van der Waals surface area (Å²) in [6.45, 7) is 0. The van der Waals surface area contributed by atoms with Crippen molar-refractivity contribution in [2.75, 3.05) is 14.2 Å². The number of hydrogen-bond acceptors (Lipinski definition) is 6. The first-order valence-corrected chi connectivity index (χ1v) is 11.5. The summed E-state index contributed by atoms with van der Waals surface area (Å²) >= 11 is 0. The number of carbonyl (C=O) groups excluding carboxylic acids is 3. The van der Waals surface area contributed by atoms with E-state index in [4.69, 9.17) is 14.7 Å². The minimum Gasteiger partial charge on any atom is -0.493 e. The molecule has 1 atom stereocenters. The maximum absolute atomic E-state index is 12.8. The number of rotatable bonds is 10. The van der Waals surface area contributed by atoms with Gasteiger partial charge in [0.05, 0.1) is 20.3 Å². The monoisotopic (exact) mass is 503 g/mol. The number of imide groups is 1. The van der Waals surface area contributed by atoms with Crippen LogP contribution in [-0.2, 0) is 11.2 Å². The van der Waals surface area contributed by atoms with Gasteiger partial charge in [-0.15, -0.1) is 0 Å². The quantitative estimate of drug-likeness (QED) is 0.188. The van der Waals surface area contributed by atoms with Gasteiger partial charge in [-0.1, -0.05) is 54.6 Å². The molecular weight excluding hydrogens is 474 g/mol. The Morgan fingerprint density at radius 2 is 1.65 bits per heavy atom. The minimum atomic E-state index is -0.643. The molecule has 0 bridgehead atoms. The van der Waals surface area contributed by atoms with Crippen molar-refractivity contribution >= 4 is 23.9 Å². The van der Waals surface area contributed by atoms with E-state index in [0.29, 0.717) is 29.9 Å². The van der Waals surface area contributed by atoms with Crippen LogP contribution in [0.15, 0.2) is 78.9 Å². The first-order chi connectivity index (χ1) is 17.9. The fourth-order valence-corrected chi connectivity index (χ4v) is 3.78. The molecule has 3 aromatic rings. The van der Waals surface area contributed by atoms with Gasteiger partial charge in [0, 0.05) is 11.6 Å². The summed E-state index contributed by atoms with van der Waals surface area (Å²) in [7, 11) is 3.14. The SMILES string of the molecule is COc1cccc(CCC(NC(=O)NC(=O)c2ccccc2)c2ccc(C=CC(=O)NO)cc2)c1OC. The topological polar surface area (TPSA) is 126 Å². The number of benzene rings is 3. The zero-order valence-electron chi connectivity index (χ0n) is 20.6. The van der Waals surface area contributed by atoms with Crippen molar-refractivity contribution in [2.24, 2.45) is 0 Å². The lowest BCUT2D eigenvalue weighted by Crippen LogP contribution is -2.41. The molecule has 9 nitrogen and oxygen atoms in total. The Morgan fingerprint density at radius 1 is 0.919 bits per heavy atom. The van der Waals surface area contributed by atoms with Crippen LogP contribution in [0, 0.1) is 0 Å². The second-order valence-corrected chi connectivity index (χ2v) is 8.01. The van der Waals surface area contributed by atoms with Gasteiger partial charge in [0.25, 0.3) is 11.8 Å². The lowest BCUT2D eigenvalue weighted by Gasteiger charge is -2.21. The van der Waals surface area contributed by atoms with Gasteiger partial charge in [-0.05, 0) is 53.8 Å². The van der Waals surface area contributed by atoms with E-state index >= 15 is 0 Å². The van der Waals surface area contributed by atoms with E-state index in [0.717, 1.165) is 16.7 Å². The van der Waals surface area contributed by atoms with Crippen molar-refractivity contribution in [3.05, 3.63) is 101 Å². The Labute approximate surface area is 215 Å². The molecule has 0 aromatic heterocycles. The van der Waals surface area contributed by atoms with E-state index in [2.05, 4.69) is 10.6 Å². The molecule has 0 spiro atoms. The third-order valence-corrected chi connectivity index (χ3v) is 5.63. The van der Waals surface area contributed by atoms with E-state index in [1.165, 1.54) is 11.6 Å². The van der Waals surface area contributed by atoms with Gasteiger partial charge in [-0.25, -0.2) is 10.3 Å². The van der Waals surface area contributed by atoms with Crippen LogP contribution >= 0.6 is 0 Å². The number of carbonyl (C=O) groups is 3. The molecule has 0 fully saturated rings. The number of para-hydroxylation sites is 1. The Bertz CT molecular complexity index is 1240. The van der Waals surface area contributed by atoms with E-state index in [1.807, 2.05) is 30.3 Å². The predicted molar refractivity (Wildman–Crippen MR) is 138 cm³/mol. The minimum absolute atomic E-state index is 0.373. The number of ether oxygens (including phenoxy) is 2. The van der Waals surface area contributed by atoms with Crippen LogP contribution in [-0.4, -0.2) is 37.3 Å². The van der Waals surface area contributed by atoms with Gasteiger partial charge in [0.15, 0.2) is 11.5 Å². The number of methoxy groups -OCH3 is 2. The molecule has 4 amide bonds. The fourth-order valence-electron chi connectivity index (χ4n) is 3.78. The zero-order valence-corrected chi connectivity index (χ0v) is 20.6. The highest BCUT2D eigenvalue weighted by Crippen LogP contribution is 2.32. The molecule has 0 aliphatic rings. The van der Waals surface area contributed by atoms with E-state index in [9.17, 15) is 14.4 Å². The Balaban J connectivity index is 1.79. The number of aryl methyl sites for hydroxylation is 1. The van der Waals surface area contributed by atoms with Crippen molar-refractivity contribution in [3.8, 4) is 11.5 Å². The second kappa shape index (κ2) is 13.5. The zero-order chi connectivity index (χ0) is 26.6.